The van der Waals surface area contributed by atoms with Gasteiger partial charge in [0.1, 0.15) is 0 Å². The third-order valence-electron chi connectivity index (χ3n) is 2.98. The molecular weight excluding hydrogens is 259 g/mol. The first-order chi connectivity index (χ1) is 8.97. The van der Waals surface area contributed by atoms with Crippen LogP contribution in [0.3, 0.4) is 0 Å². The molecule has 0 radical (unpaired) electrons. The Balaban J connectivity index is 1.96. The summed E-state index contributed by atoms with van der Waals surface area (Å²) < 4.78 is 42.3. The minimum atomic E-state index is -4.42. The molecule has 1 saturated heterocycles. The second-order valence-corrected chi connectivity index (χ2v) is 4.40. The Morgan fingerprint density at radius 1 is 1.32 bits per heavy atom. The van der Waals surface area contributed by atoms with Gasteiger partial charge in [0, 0.05) is 6.54 Å². The monoisotopic (exact) mass is 273 g/mol. The number of morpholine rings is 1. The highest BCUT2D eigenvalue weighted by atomic mass is 19.4. The lowest BCUT2D eigenvalue weighted by molar-refractivity contribution is -0.236. The van der Waals surface area contributed by atoms with Gasteiger partial charge in [-0.2, -0.15) is 13.2 Å². The van der Waals surface area contributed by atoms with Crippen LogP contribution in [-0.2, 0) is 16.0 Å². The Labute approximate surface area is 109 Å². The molecule has 1 aliphatic heterocycles. The number of alkyl halides is 3. The highest BCUT2D eigenvalue weighted by Crippen LogP contribution is 2.25. The maximum Gasteiger partial charge on any atom is 0.416 e. The first kappa shape index (κ1) is 13.9. The standard InChI is InChI=1S/C13H14F3NO2/c14-13(15,16)11-9-17(6-7-19-11)12(18)8-10-4-2-1-3-5-10/h1-5,11H,6-9H2/t11-/m1/s1. The largest absolute Gasteiger partial charge is 0.416 e. The van der Waals surface area contributed by atoms with Crippen LogP contribution >= 0.6 is 0 Å². The van der Waals surface area contributed by atoms with Gasteiger partial charge in [-0.3, -0.25) is 4.79 Å². The summed E-state index contributed by atoms with van der Waals surface area (Å²) in [6, 6.07) is 8.96. The molecule has 0 unspecified atom stereocenters. The zero-order chi connectivity index (χ0) is 13.9. The van der Waals surface area contributed by atoms with Gasteiger partial charge in [-0.15, -0.1) is 0 Å². The summed E-state index contributed by atoms with van der Waals surface area (Å²) in [6.07, 6.45) is -6.18. The van der Waals surface area contributed by atoms with Crippen molar-refractivity contribution in [2.75, 3.05) is 19.7 Å². The predicted molar refractivity (Wildman–Crippen MR) is 62.5 cm³/mol. The zero-order valence-electron chi connectivity index (χ0n) is 10.2. The van der Waals surface area contributed by atoms with Gasteiger partial charge >= 0.3 is 6.18 Å². The molecule has 1 aromatic carbocycles. The molecule has 0 bridgehead atoms. The van der Waals surface area contributed by atoms with Gasteiger partial charge in [-0.05, 0) is 5.56 Å². The van der Waals surface area contributed by atoms with E-state index in [0.29, 0.717) is 0 Å². The number of carbonyl (C=O) groups excluding carboxylic acids is 1. The summed E-state index contributed by atoms with van der Waals surface area (Å²) in [5.41, 5.74) is 0.794. The van der Waals surface area contributed by atoms with Crippen LogP contribution in [0.15, 0.2) is 30.3 Å². The quantitative estimate of drug-likeness (QED) is 0.825. The molecule has 0 N–H and O–H groups in total. The van der Waals surface area contributed by atoms with E-state index >= 15 is 0 Å². The fraction of sp³-hybridized carbons (Fsp3) is 0.462. The van der Waals surface area contributed by atoms with Crippen molar-refractivity contribution in [1.82, 2.24) is 4.90 Å². The fourth-order valence-electron chi connectivity index (χ4n) is 1.96. The molecule has 19 heavy (non-hydrogen) atoms. The predicted octanol–water partition coefficient (Wildman–Crippen LogP) is 2.02. The Morgan fingerprint density at radius 3 is 2.63 bits per heavy atom. The molecule has 0 saturated carbocycles. The molecule has 0 aliphatic carbocycles. The molecule has 1 aromatic rings. The maximum atomic E-state index is 12.5. The second-order valence-electron chi connectivity index (χ2n) is 4.40. The molecule has 1 atom stereocenters. The summed E-state index contributed by atoms with van der Waals surface area (Å²) in [4.78, 5) is 13.2. The van der Waals surface area contributed by atoms with E-state index in [0.717, 1.165) is 5.56 Å². The van der Waals surface area contributed by atoms with Crippen LogP contribution in [0.25, 0.3) is 0 Å². The summed E-state index contributed by atoms with van der Waals surface area (Å²) in [5, 5.41) is 0. The van der Waals surface area contributed by atoms with E-state index in [4.69, 9.17) is 0 Å². The van der Waals surface area contributed by atoms with E-state index in [9.17, 15) is 18.0 Å². The lowest BCUT2D eigenvalue weighted by atomic mass is 10.1. The number of ether oxygens (including phenoxy) is 1. The van der Waals surface area contributed by atoms with E-state index in [-0.39, 0.29) is 25.5 Å². The van der Waals surface area contributed by atoms with E-state index in [1.807, 2.05) is 6.07 Å². The molecule has 104 valence electrons. The Hall–Kier alpha value is -1.56. The summed E-state index contributed by atoms with van der Waals surface area (Å²) in [6.45, 7) is -0.294. The van der Waals surface area contributed by atoms with Crippen LogP contribution in [-0.4, -0.2) is 42.8 Å². The molecular formula is C13H14F3NO2. The summed E-state index contributed by atoms with van der Waals surface area (Å²) in [5.74, 6) is -0.302. The number of carbonyl (C=O) groups is 1. The van der Waals surface area contributed by atoms with Crippen LogP contribution in [0.1, 0.15) is 5.56 Å². The van der Waals surface area contributed by atoms with Crippen LogP contribution in [0, 0.1) is 0 Å². The van der Waals surface area contributed by atoms with E-state index < -0.39 is 18.8 Å². The number of halogens is 3. The molecule has 6 heteroatoms. The fourth-order valence-corrected chi connectivity index (χ4v) is 1.96. The third-order valence-corrected chi connectivity index (χ3v) is 2.98. The van der Waals surface area contributed by atoms with Crippen molar-refractivity contribution in [3.05, 3.63) is 35.9 Å². The van der Waals surface area contributed by atoms with Gasteiger partial charge in [0.2, 0.25) is 5.91 Å². The molecule has 1 amide bonds. The van der Waals surface area contributed by atoms with E-state index in [1.54, 1.807) is 24.3 Å². The minimum absolute atomic E-state index is 0.0787. The highest BCUT2D eigenvalue weighted by molar-refractivity contribution is 5.78. The zero-order valence-corrected chi connectivity index (χ0v) is 10.2. The molecule has 1 aliphatic rings. The van der Waals surface area contributed by atoms with E-state index in [2.05, 4.69) is 4.74 Å². The van der Waals surface area contributed by atoms with Crippen molar-refractivity contribution in [1.29, 1.82) is 0 Å². The lowest BCUT2D eigenvalue weighted by Crippen LogP contribution is -2.51. The summed E-state index contributed by atoms with van der Waals surface area (Å²) >= 11 is 0. The third kappa shape index (κ3) is 3.70. The van der Waals surface area contributed by atoms with Crippen molar-refractivity contribution in [2.24, 2.45) is 0 Å². The van der Waals surface area contributed by atoms with Gasteiger partial charge < -0.3 is 9.64 Å². The normalized spacial score (nSPS) is 20.4. The number of amides is 1. The Morgan fingerprint density at radius 2 is 2.00 bits per heavy atom. The van der Waals surface area contributed by atoms with Crippen LogP contribution in [0.2, 0.25) is 0 Å². The molecule has 2 rings (SSSR count). The van der Waals surface area contributed by atoms with Crippen LogP contribution < -0.4 is 0 Å². The van der Waals surface area contributed by atoms with Gasteiger partial charge in [-0.1, -0.05) is 30.3 Å². The van der Waals surface area contributed by atoms with Crippen molar-refractivity contribution in [2.45, 2.75) is 18.7 Å². The molecule has 1 heterocycles. The van der Waals surface area contributed by atoms with Crippen LogP contribution in [0.4, 0.5) is 13.2 Å². The topological polar surface area (TPSA) is 29.5 Å². The molecule has 0 aromatic heterocycles. The lowest BCUT2D eigenvalue weighted by Gasteiger charge is -2.33. The maximum absolute atomic E-state index is 12.5. The number of rotatable bonds is 2. The number of nitrogens with zero attached hydrogens (tertiary/aromatic N) is 1. The first-order valence-electron chi connectivity index (χ1n) is 5.97. The smallest absolute Gasteiger partial charge is 0.365 e. The first-order valence-corrected chi connectivity index (χ1v) is 5.97. The minimum Gasteiger partial charge on any atom is -0.365 e. The van der Waals surface area contributed by atoms with Crippen molar-refractivity contribution < 1.29 is 22.7 Å². The highest BCUT2D eigenvalue weighted by Gasteiger charge is 2.44. The van der Waals surface area contributed by atoms with Crippen LogP contribution in [0.5, 0.6) is 0 Å². The molecule has 0 spiro atoms. The average Bonchev–Trinajstić information content (AvgIpc) is 2.39. The number of hydrogen-bond acceptors (Lipinski definition) is 2. The molecule has 1 fully saturated rings. The average molecular weight is 273 g/mol. The van der Waals surface area contributed by atoms with Gasteiger partial charge in [-0.25, -0.2) is 0 Å². The Kier molecular flexibility index (Phi) is 4.09. The van der Waals surface area contributed by atoms with Gasteiger partial charge in [0.25, 0.3) is 0 Å². The summed E-state index contributed by atoms with van der Waals surface area (Å²) in [7, 11) is 0. The number of hydrogen-bond donors (Lipinski definition) is 0. The van der Waals surface area contributed by atoms with E-state index in [1.165, 1.54) is 4.90 Å². The SMILES string of the molecule is O=C(Cc1ccccc1)N1CCO[C@@H](C(F)(F)F)C1. The van der Waals surface area contributed by atoms with Crippen molar-refractivity contribution in [3.8, 4) is 0 Å². The molecule has 3 nitrogen and oxygen atoms in total. The Bertz CT molecular complexity index is 433. The van der Waals surface area contributed by atoms with Gasteiger partial charge in [0.05, 0.1) is 19.6 Å². The van der Waals surface area contributed by atoms with Gasteiger partial charge in [0.15, 0.2) is 6.10 Å². The second kappa shape index (κ2) is 5.61. The van der Waals surface area contributed by atoms with Crippen molar-refractivity contribution >= 4 is 5.91 Å². The number of benzene rings is 1. The van der Waals surface area contributed by atoms with Crippen molar-refractivity contribution in [3.63, 3.8) is 0 Å².